The smallest absolute Gasteiger partial charge is 0.381 e. The molecule has 4 aromatic rings. The average Bonchev–Trinajstić information content (AvgIpc) is 2.84. The van der Waals surface area contributed by atoms with E-state index in [9.17, 15) is 40.3 Å². The maximum atomic E-state index is 14.8. The molecule has 1 unspecified atom stereocenters. The van der Waals surface area contributed by atoms with Gasteiger partial charge in [0, 0.05) is 24.3 Å². The molecule has 0 fully saturated rings. The SMILES string of the molecule is CC(CCCn1cnc2cc(-c3ccc(C(F)(F)F)cn3)c(F)cc2c1=O)Nc1cn[nH]c(=O)c1C(F)(F)F. The van der Waals surface area contributed by atoms with E-state index in [0.717, 1.165) is 24.4 Å². The van der Waals surface area contributed by atoms with Crippen molar-refractivity contribution in [3.63, 3.8) is 0 Å². The Bertz CT molecular complexity index is 1610. The predicted molar refractivity (Wildman–Crippen MR) is 126 cm³/mol. The number of H-pyrrole nitrogens is 1. The van der Waals surface area contributed by atoms with Gasteiger partial charge in [-0.2, -0.15) is 31.4 Å². The van der Waals surface area contributed by atoms with Crippen LogP contribution in [-0.4, -0.2) is 30.8 Å². The van der Waals surface area contributed by atoms with Gasteiger partial charge < -0.3 is 5.32 Å². The molecule has 39 heavy (non-hydrogen) atoms. The number of rotatable bonds is 7. The van der Waals surface area contributed by atoms with Crippen molar-refractivity contribution in [2.45, 2.75) is 44.7 Å². The first-order valence-corrected chi connectivity index (χ1v) is 11.4. The van der Waals surface area contributed by atoms with Crippen LogP contribution in [0.25, 0.3) is 22.2 Å². The van der Waals surface area contributed by atoms with Crippen molar-refractivity contribution in [3.8, 4) is 11.3 Å². The molecule has 0 aliphatic carbocycles. The van der Waals surface area contributed by atoms with Crippen molar-refractivity contribution in [2.75, 3.05) is 5.32 Å². The summed E-state index contributed by atoms with van der Waals surface area (Å²) in [5.41, 5.74) is -4.92. The lowest BCUT2D eigenvalue weighted by Gasteiger charge is -2.18. The number of anilines is 1. The number of hydrogen-bond acceptors (Lipinski definition) is 6. The highest BCUT2D eigenvalue weighted by atomic mass is 19.4. The topological polar surface area (TPSA) is 106 Å². The van der Waals surface area contributed by atoms with Crippen LogP contribution >= 0.6 is 0 Å². The summed E-state index contributed by atoms with van der Waals surface area (Å²) in [5, 5.41) is 7.68. The van der Waals surface area contributed by atoms with Gasteiger partial charge in [-0.3, -0.25) is 19.1 Å². The molecule has 0 saturated heterocycles. The molecule has 1 atom stereocenters. The second-order valence-electron chi connectivity index (χ2n) is 8.70. The normalized spacial score (nSPS) is 13.0. The predicted octanol–water partition coefficient (Wildman–Crippen LogP) is 5.00. The molecule has 3 aromatic heterocycles. The molecule has 3 heterocycles. The Morgan fingerprint density at radius 1 is 1.03 bits per heavy atom. The van der Waals surface area contributed by atoms with E-state index in [2.05, 4.69) is 20.4 Å². The van der Waals surface area contributed by atoms with Gasteiger partial charge in [0.2, 0.25) is 0 Å². The highest BCUT2D eigenvalue weighted by Gasteiger charge is 2.37. The van der Waals surface area contributed by atoms with Gasteiger partial charge in [0.1, 0.15) is 11.4 Å². The molecule has 2 N–H and O–H groups in total. The molecular weight excluding hydrogens is 537 g/mol. The minimum absolute atomic E-state index is 0.0683. The Kier molecular flexibility index (Phi) is 7.44. The summed E-state index contributed by atoms with van der Waals surface area (Å²) in [6.07, 6.45) is -6.22. The second kappa shape index (κ2) is 10.5. The number of aryl methyl sites for hydroxylation is 1. The zero-order valence-electron chi connectivity index (χ0n) is 20.0. The molecule has 0 aliphatic rings. The maximum absolute atomic E-state index is 14.8. The van der Waals surface area contributed by atoms with Gasteiger partial charge in [-0.25, -0.2) is 14.5 Å². The third-order valence-electron chi connectivity index (χ3n) is 5.86. The number of hydrogen-bond donors (Lipinski definition) is 2. The highest BCUT2D eigenvalue weighted by molar-refractivity contribution is 5.83. The molecule has 0 spiro atoms. The number of nitrogens with one attached hydrogen (secondary N) is 2. The maximum Gasteiger partial charge on any atom is 0.423 e. The van der Waals surface area contributed by atoms with Crippen LogP contribution in [0, 0.1) is 5.82 Å². The quantitative estimate of drug-likeness (QED) is 0.311. The molecule has 0 saturated carbocycles. The largest absolute Gasteiger partial charge is 0.423 e. The van der Waals surface area contributed by atoms with Crippen LogP contribution in [0.3, 0.4) is 0 Å². The lowest BCUT2D eigenvalue weighted by Crippen LogP contribution is -2.27. The molecule has 4 rings (SSSR count). The number of benzene rings is 1. The van der Waals surface area contributed by atoms with Crippen LogP contribution in [0.2, 0.25) is 0 Å². The van der Waals surface area contributed by atoms with E-state index in [1.54, 1.807) is 12.0 Å². The summed E-state index contributed by atoms with van der Waals surface area (Å²) in [5.74, 6) is -0.879. The number of halogens is 7. The monoisotopic (exact) mass is 556 g/mol. The fourth-order valence-electron chi connectivity index (χ4n) is 3.95. The van der Waals surface area contributed by atoms with Crippen LogP contribution < -0.4 is 16.4 Å². The number of nitrogens with zero attached hydrogens (tertiary/aromatic N) is 4. The average molecular weight is 556 g/mol. The standard InChI is InChI=1S/C24H19F7N6O2/c1-12(35-19-10-34-36-21(38)20(19)24(29,30)31)3-2-6-37-11-33-18-8-14(16(25)7-15(18)22(37)39)17-5-4-13(9-32-17)23(26,27)28/h4-5,7-12H,2-3,6H2,1H3,(H2,35,36,38). The fraction of sp³-hybridized carbons (Fsp3) is 0.292. The van der Waals surface area contributed by atoms with E-state index < -0.39 is 52.1 Å². The van der Waals surface area contributed by atoms with Gasteiger partial charge in [0.05, 0.1) is 40.4 Å². The van der Waals surface area contributed by atoms with Crippen LogP contribution in [0.5, 0.6) is 0 Å². The van der Waals surface area contributed by atoms with Crippen molar-refractivity contribution >= 4 is 16.6 Å². The van der Waals surface area contributed by atoms with Crippen molar-refractivity contribution in [1.29, 1.82) is 0 Å². The van der Waals surface area contributed by atoms with Crippen molar-refractivity contribution in [3.05, 3.63) is 80.6 Å². The molecule has 0 amide bonds. The lowest BCUT2D eigenvalue weighted by atomic mass is 10.1. The van der Waals surface area contributed by atoms with Crippen LogP contribution in [0.1, 0.15) is 30.9 Å². The first-order valence-electron chi connectivity index (χ1n) is 11.4. The molecule has 206 valence electrons. The third-order valence-corrected chi connectivity index (χ3v) is 5.86. The van der Waals surface area contributed by atoms with Gasteiger partial charge in [0.25, 0.3) is 11.1 Å². The van der Waals surface area contributed by atoms with Crippen LogP contribution in [0.15, 0.2) is 52.6 Å². The van der Waals surface area contributed by atoms with Crippen molar-refractivity contribution in [2.24, 2.45) is 0 Å². The number of fused-ring (bicyclic) bond motifs is 1. The minimum Gasteiger partial charge on any atom is -0.381 e. The molecule has 0 radical (unpaired) electrons. The zero-order chi connectivity index (χ0) is 28.5. The van der Waals surface area contributed by atoms with E-state index in [4.69, 9.17) is 0 Å². The van der Waals surface area contributed by atoms with Gasteiger partial charge in [-0.05, 0) is 44.0 Å². The summed E-state index contributed by atoms with van der Waals surface area (Å²) in [6.45, 7) is 1.70. The Morgan fingerprint density at radius 3 is 2.41 bits per heavy atom. The van der Waals surface area contributed by atoms with Gasteiger partial charge >= 0.3 is 12.4 Å². The molecular formula is C24H19F7N6O2. The number of aromatic nitrogens is 5. The minimum atomic E-state index is -4.89. The van der Waals surface area contributed by atoms with E-state index in [0.29, 0.717) is 19.0 Å². The molecule has 8 nitrogen and oxygen atoms in total. The molecule has 15 heteroatoms. The second-order valence-corrected chi connectivity index (χ2v) is 8.70. The fourth-order valence-corrected chi connectivity index (χ4v) is 3.95. The van der Waals surface area contributed by atoms with Crippen LogP contribution in [0.4, 0.5) is 36.4 Å². The summed E-state index contributed by atoms with van der Waals surface area (Å²) in [7, 11) is 0. The third kappa shape index (κ3) is 6.07. The van der Waals surface area contributed by atoms with Crippen LogP contribution in [-0.2, 0) is 18.9 Å². The van der Waals surface area contributed by atoms with Crippen molar-refractivity contribution < 1.29 is 30.7 Å². The Labute approximate surface area is 214 Å². The summed E-state index contributed by atoms with van der Waals surface area (Å²) in [6, 6.07) is 3.39. The number of aromatic amines is 1. The Balaban J connectivity index is 1.47. The summed E-state index contributed by atoms with van der Waals surface area (Å²) in [4.78, 5) is 32.3. The number of alkyl halides is 6. The zero-order valence-corrected chi connectivity index (χ0v) is 20.0. The highest BCUT2D eigenvalue weighted by Crippen LogP contribution is 2.32. The van der Waals surface area contributed by atoms with E-state index in [1.807, 2.05) is 0 Å². The van der Waals surface area contributed by atoms with E-state index in [-0.39, 0.29) is 28.7 Å². The Morgan fingerprint density at radius 2 is 1.77 bits per heavy atom. The van der Waals surface area contributed by atoms with Crippen molar-refractivity contribution in [1.82, 2.24) is 24.7 Å². The molecule has 1 aromatic carbocycles. The molecule has 0 aliphatic heterocycles. The summed E-state index contributed by atoms with van der Waals surface area (Å²) < 4.78 is 94.0. The molecule has 0 bridgehead atoms. The van der Waals surface area contributed by atoms with Gasteiger partial charge in [-0.1, -0.05) is 0 Å². The van der Waals surface area contributed by atoms with E-state index in [1.165, 1.54) is 17.0 Å². The Hall–Kier alpha value is -4.30. The lowest BCUT2D eigenvalue weighted by molar-refractivity contribution is -0.138. The van der Waals surface area contributed by atoms with Gasteiger partial charge in [-0.15, -0.1) is 0 Å². The first kappa shape index (κ1) is 27.7. The number of pyridine rings is 1. The van der Waals surface area contributed by atoms with E-state index >= 15 is 0 Å². The van der Waals surface area contributed by atoms with Gasteiger partial charge in [0.15, 0.2) is 0 Å². The first-order chi connectivity index (χ1) is 18.3. The summed E-state index contributed by atoms with van der Waals surface area (Å²) >= 11 is 0.